The zero-order valence-electron chi connectivity index (χ0n) is 28.7. The summed E-state index contributed by atoms with van der Waals surface area (Å²) in [6.07, 6.45) is 5.50. The Labute approximate surface area is 299 Å². The Balaban J connectivity index is 1.05. The number of hydrogen-bond donors (Lipinski definition) is 2. The van der Waals surface area contributed by atoms with E-state index >= 15 is 0 Å². The molecule has 8 rings (SSSR count). The average Bonchev–Trinajstić information content (AvgIpc) is 3.83. The first-order valence-corrected chi connectivity index (χ1v) is 17.7. The van der Waals surface area contributed by atoms with Crippen LogP contribution >= 0.6 is 11.6 Å². The molecule has 10 nitrogen and oxygen atoms in total. The van der Waals surface area contributed by atoms with E-state index in [2.05, 4.69) is 29.5 Å². The molecule has 4 heterocycles. The van der Waals surface area contributed by atoms with Gasteiger partial charge < -0.3 is 16.0 Å². The van der Waals surface area contributed by atoms with Gasteiger partial charge in [-0.2, -0.15) is 0 Å². The van der Waals surface area contributed by atoms with Gasteiger partial charge in [-0.3, -0.25) is 19.0 Å². The summed E-state index contributed by atoms with van der Waals surface area (Å²) in [5.41, 5.74) is 12.7. The predicted molar refractivity (Wildman–Crippen MR) is 198 cm³/mol. The van der Waals surface area contributed by atoms with E-state index in [1.807, 2.05) is 67.3 Å². The van der Waals surface area contributed by atoms with E-state index in [0.717, 1.165) is 34.4 Å². The number of nitrogens with zero attached hydrogens (tertiary/aromatic N) is 5. The van der Waals surface area contributed by atoms with Crippen LogP contribution in [0.15, 0.2) is 83.8 Å². The minimum atomic E-state index is -0.607. The van der Waals surface area contributed by atoms with Crippen LogP contribution < -0.4 is 16.6 Å². The summed E-state index contributed by atoms with van der Waals surface area (Å²) >= 11 is 6.48. The van der Waals surface area contributed by atoms with E-state index in [9.17, 15) is 14.4 Å². The largest absolute Gasteiger partial charge is 0.381 e. The summed E-state index contributed by atoms with van der Waals surface area (Å²) in [7, 11) is 0. The maximum atomic E-state index is 13.9. The molecule has 3 N–H and O–H groups in total. The van der Waals surface area contributed by atoms with Crippen molar-refractivity contribution >= 4 is 45.7 Å². The van der Waals surface area contributed by atoms with Gasteiger partial charge in [0.2, 0.25) is 0 Å². The van der Waals surface area contributed by atoms with E-state index in [1.165, 1.54) is 17.4 Å². The van der Waals surface area contributed by atoms with Crippen molar-refractivity contribution in [2.45, 2.75) is 65.1 Å². The van der Waals surface area contributed by atoms with E-state index in [0.29, 0.717) is 51.7 Å². The van der Waals surface area contributed by atoms with Crippen LogP contribution in [0.25, 0.3) is 22.1 Å². The lowest BCUT2D eigenvalue weighted by molar-refractivity contribution is 0.0696. The molecule has 1 aliphatic carbocycles. The molecule has 1 fully saturated rings. The number of nitrogens with one attached hydrogen (secondary N) is 1. The molecule has 2 atom stereocenters. The van der Waals surface area contributed by atoms with Crippen molar-refractivity contribution in [1.82, 2.24) is 29.4 Å². The molecule has 6 aromatic rings. The number of pyridine rings is 1. The molecule has 11 heteroatoms. The van der Waals surface area contributed by atoms with Crippen molar-refractivity contribution in [3.8, 4) is 5.69 Å². The number of benzene rings is 3. The lowest BCUT2D eigenvalue weighted by Crippen LogP contribution is -2.34. The van der Waals surface area contributed by atoms with Crippen molar-refractivity contribution in [2.24, 2.45) is 5.92 Å². The van der Waals surface area contributed by atoms with Crippen LogP contribution in [0.3, 0.4) is 0 Å². The molecule has 3 aromatic heterocycles. The molecule has 0 spiro atoms. The van der Waals surface area contributed by atoms with Crippen molar-refractivity contribution in [3.63, 3.8) is 0 Å². The third kappa shape index (κ3) is 5.83. The number of carbonyl (C=O) groups excluding carboxylic acids is 2. The van der Waals surface area contributed by atoms with Crippen molar-refractivity contribution in [1.29, 1.82) is 0 Å². The van der Waals surface area contributed by atoms with Gasteiger partial charge in [-0.25, -0.2) is 9.50 Å². The first-order chi connectivity index (χ1) is 24.6. The summed E-state index contributed by atoms with van der Waals surface area (Å²) in [4.78, 5) is 47.9. The average molecular weight is 700 g/mol. The number of aryl methyl sites for hydroxylation is 3. The Morgan fingerprint density at radius 3 is 2.57 bits per heavy atom. The summed E-state index contributed by atoms with van der Waals surface area (Å²) in [5, 5.41) is 8.85. The van der Waals surface area contributed by atoms with Gasteiger partial charge in [0.05, 0.1) is 16.5 Å². The quantitative estimate of drug-likeness (QED) is 0.175. The maximum Gasteiger partial charge on any atom is 0.264 e. The standard InChI is InChI=1S/C40H38ClN7O3/c1-22-18-25(19-28-21-46(39(50)33(22)28)24(3)26-13-14-26)12-15-29-16-17-47-37(44-29)35(36(42)45-47)38(49)43-23(2)32-20-27-8-7-11-31(41)34(27)40(51)48(32)30-9-5-4-6-10-30/h4-11,16-20,23-24,26H,12-15,21H2,1-3H3,(H2,42,45)(H,43,49)/t23-,24-/m0/s1. The fourth-order valence-electron chi connectivity index (χ4n) is 7.53. The molecule has 1 saturated carbocycles. The first-order valence-electron chi connectivity index (χ1n) is 17.4. The van der Waals surface area contributed by atoms with Crippen LogP contribution in [0.2, 0.25) is 5.02 Å². The molecule has 0 bridgehead atoms. The SMILES string of the molecule is Cc1cc(CCc2ccn3nc(N)c(C(=O)N[C@@H](C)c4cc5cccc(Cl)c5c(=O)n4-c4ccccc4)c3n2)cc2c1C(=O)N([C@@H](C)C1CC1)C2. The monoisotopic (exact) mass is 699 g/mol. The number of hydrogen-bond acceptors (Lipinski definition) is 6. The fraction of sp³-hybridized carbons (Fsp3) is 0.275. The summed E-state index contributed by atoms with van der Waals surface area (Å²) < 4.78 is 3.09. The molecule has 0 radical (unpaired) electrons. The normalized spacial score (nSPS) is 15.4. The Hall–Kier alpha value is -5.48. The van der Waals surface area contributed by atoms with Gasteiger partial charge in [-0.15, -0.1) is 5.10 Å². The van der Waals surface area contributed by atoms with Crippen molar-refractivity contribution in [3.05, 3.63) is 134 Å². The highest BCUT2D eigenvalue weighted by atomic mass is 35.5. The Bertz CT molecular complexity index is 2430. The molecule has 3 aromatic carbocycles. The predicted octanol–water partition coefficient (Wildman–Crippen LogP) is 6.61. The number of amides is 2. The Morgan fingerprint density at radius 1 is 1.02 bits per heavy atom. The fourth-order valence-corrected chi connectivity index (χ4v) is 7.80. The minimum absolute atomic E-state index is 0.0546. The Morgan fingerprint density at radius 2 is 1.80 bits per heavy atom. The number of anilines is 1. The molecule has 2 aliphatic rings. The van der Waals surface area contributed by atoms with Gasteiger partial charge in [0, 0.05) is 41.4 Å². The smallest absolute Gasteiger partial charge is 0.264 e. The number of para-hydroxylation sites is 1. The van der Waals surface area contributed by atoms with E-state index < -0.39 is 11.9 Å². The highest BCUT2D eigenvalue weighted by Crippen LogP contribution is 2.39. The van der Waals surface area contributed by atoms with Gasteiger partial charge in [-0.1, -0.05) is 54.1 Å². The van der Waals surface area contributed by atoms with Gasteiger partial charge in [0.15, 0.2) is 11.5 Å². The third-order valence-corrected chi connectivity index (χ3v) is 10.7. The van der Waals surface area contributed by atoms with Crippen LogP contribution in [0, 0.1) is 12.8 Å². The molecule has 51 heavy (non-hydrogen) atoms. The molecule has 0 saturated heterocycles. The van der Waals surface area contributed by atoms with E-state index in [-0.39, 0.29) is 28.9 Å². The number of rotatable bonds is 9. The zero-order valence-corrected chi connectivity index (χ0v) is 29.4. The highest BCUT2D eigenvalue weighted by Gasteiger charge is 2.39. The van der Waals surface area contributed by atoms with Crippen molar-refractivity contribution < 1.29 is 9.59 Å². The van der Waals surface area contributed by atoms with Crippen LogP contribution in [0.5, 0.6) is 0 Å². The summed E-state index contributed by atoms with van der Waals surface area (Å²) in [6, 6.07) is 22.3. The van der Waals surface area contributed by atoms with E-state index in [4.69, 9.17) is 22.3 Å². The molecule has 0 unspecified atom stereocenters. The maximum absolute atomic E-state index is 13.9. The number of halogens is 1. The lowest BCUT2D eigenvalue weighted by atomic mass is 9.97. The van der Waals surface area contributed by atoms with Crippen LogP contribution in [-0.2, 0) is 19.4 Å². The van der Waals surface area contributed by atoms with Crippen LogP contribution in [0.4, 0.5) is 5.82 Å². The highest BCUT2D eigenvalue weighted by molar-refractivity contribution is 6.35. The van der Waals surface area contributed by atoms with Crippen LogP contribution in [-0.4, -0.2) is 41.9 Å². The second kappa shape index (κ2) is 12.7. The lowest BCUT2D eigenvalue weighted by Gasteiger charge is -2.24. The number of nitrogens with two attached hydrogens (primary N) is 1. The van der Waals surface area contributed by atoms with Gasteiger partial charge in [0.1, 0.15) is 5.56 Å². The number of nitrogen functional groups attached to an aromatic ring is 1. The van der Waals surface area contributed by atoms with Crippen LogP contribution in [0.1, 0.15) is 81.5 Å². The second-order valence-corrected chi connectivity index (χ2v) is 14.3. The first kappa shape index (κ1) is 32.7. The number of carbonyl (C=O) groups is 2. The van der Waals surface area contributed by atoms with E-state index in [1.54, 1.807) is 22.9 Å². The van der Waals surface area contributed by atoms with Gasteiger partial charge >= 0.3 is 0 Å². The van der Waals surface area contributed by atoms with Crippen molar-refractivity contribution in [2.75, 3.05) is 5.73 Å². The van der Waals surface area contributed by atoms with Gasteiger partial charge in [-0.05, 0) is 105 Å². The summed E-state index contributed by atoms with van der Waals surface area (Å²) in [6.45, 7) is 6.66. The number of fused-ring (bicyclic) bond motifs is 3. The number of aromatic nitrogens is 4. The summed E-state index contributed by atoms with van der Waals surface area (Å²) in [5.74, 6) is 0.361. The second-order valence-electron chi connectivity index (χ2n) is 13.8. The zero-order chi connectivity index (χ0) is 35.6. The minimum Gasteiger partial charge on any atom is -0.381 e. The third-order valence-electron chi connectivity index (χ3n) is 10.4. The molecular weight excluding hydrogens is 662 g/mol. The molecule has 1 aliphatic heterocycles. The molecule has 2 amide bonds. The van der Waals surface area contributed by atoms with Gasteiger partial charge in [0.25, 0.3) is 17.4 Å². The molecular formula is C40H38ClN7O3. The topological polar surface area (TPSA) is 128 Å². The Kier molecular flexibility index (Phi) is 8.14. The molecule has 258 valence electrons.